The van der Waals surface area contributed by atoms with Gasteiger partial charge < -0.3 is 24.4 Å². The van der Waals surface area contributed by atoms with Crippen molar-refractivity contribution in [2.75, 3.05) is 53.9 Å². The number of amides is 1. The van der Waals surface area contributed by atoms with Gasteiger partial charge >= 0.3 is 0 Å². The maximum absolute atomic E-state index is 12.4. The van der Waals surface area contributed by atoms with Gasteiger partial charge in [-0.05, 0) is 38.7 Å². The van der Waals surface area contributed by atoms with Gasteiger partial charge in [-0.25, -0.2) is 0 Å². The van der Waals surface area contributed by atoms with E-state index in [9.17, 15) is 4.79 Å². The average molecular weight is 525 g/mol. The molecule has 1 N–H and O–H groups in total. The van der Waals surface area contributed by atoms with Gasteiger partial charge in [0.1, 0.15) is 0 Å². The van der Waals surface area contributed by atoms with Gasteiger partial charge in [-0.3, -0.25) is 9.79 Å². The summed E-state index contributed by atoms with van der Waals surface area (Å²) in [5.41, 5.74) is 2.54. The fraction of sp³-hybridized carbons (Fsp3) is 0.455. The number of rotatable bonds is 5. The molecular weight excluding hydrogens is 493 g/mol. The van der Waals surface area contributed by atoms with E-state index in [-0.39, 0.29) is 35.9 Å². The van der Waals surface area contributed by atoms with Crippen molar-refractivity contribution in [2.45, 2.75) is 13.0 Å². The Balaban J connectivity index is 0.00000320. The molecule has 2 heterocycles. The van der Waals surface area contributed by atoms with Crippen LogP contribution in [0.5, 0.6) is 0 Å². The van der Waals surface area contributed by atoms with E-state index >= 15 is 0 Å². The predicted molar refractivity (Wildman–Crippen MR) is 131 cm³/mol. The monoisotopic (exact) mass is 525 g/mol. The highest BCUT2D eigenvalue weighted by Crippen LogP contribution is 2.18. The Morgan fingerprint density at radius 2 is 1.77 bits per heavy atom. The van der Waals surface area contributed by atoms with Crippen molar-refractivity contribution in [3.63, 3.8) is 0 Å². The Morgan fingerprint density at radius 1 is 1.13 bits per heavy atom. The number of carbonyl (C=O) groups is 1. The van der Waals surface area contributed by atoms with Crippen LogP contribution in [0.25, 0.3) is 0 Å². The number of aryl methyl sites for hydroxylation is 1. The van der Waals surface area contributed by atoms with Crippen LogP contribution in [0.2, 0.25) is 0 Å². The molecule has 0 radical (unpaired) electrons. The summed E-state index contributed by atoms with van der Waals surface area (Å²) in [4.78, 5) is 23.1. The summed E-state index contributed by atoms with van der Waals surface area (Å²) < 4.78 is 5.24. The van der Waals surface area contributed by atoms with Crippen molar-refractivity contribution in [3.05, 3.63) is 59.5 Å². The summed E-state index contributed by atoms with van der Waals surface area (Å²) in [6, 6.07) is 12.4. The molecule has 1 aliphatic heterocycles. The summed E-state index contributed by atoms with van der Waals surface area (Å²) in [5.74, 6) is 1.21. The third-order valence-corrected chi connectivity index (χ3v) is 5.35. The van der Waals surface area contributed by atoms with Crippen LogP contribution < -0.4 is 5.32 Å². The number of nitrogens with one attached hydrogen (secondary N) is 1. The van der Waals surface area contributed by atoms with Crippen molar-refractivity contribution < 1.29 is 9.21 Å². The number of guanidine groups is 1. The highest BCUT2D eigenvalue weighted by atomic mass is 127. The number of furan rings is 1. The molecule has 0 aliphatic carbocycles. The second kappa shape index (κ2) is 11.4. The quantitative estimate of drug-likeness (QED) is 0.370. The van der Waals surface area contributed by atoms with Gasteiger partial charge in [0.05, 0.1) is 12.3 Å². The van der Waals surface area contributed by atoms with Gasteiger partial charge in [0.2, 0.25) is 0 Å². The number of hydrogen-bond acceptors (Lipinski definition) is 4. The van der Waals surface area contributed by atoms with Crippen LogP contribution in [0.1, 0.15) is 27.7 Å². The van der Waals surface area contributed by atoms with Crippen LogP contribution in [0.4, 0.5) is 0 Å². The van der Waals surface area contributed by atoms with Gasteiger partial charge in [-0.15, -0.1) is 24.0 Å². The predicted octanol–water partition coefficient (Wildman–Crippen LogP) is 2.84. The number of halogens is 1. The molecule has 1 aromatic heterocycles. The lowest BCUT2D eigenvalue weighted by atomic mass is 10.0. The largest absolute Gasteiger partial charge is 0.459 e. The van der Waals surface area contributed by atoms with E-state index in [1.165, 1.54) is 17.4 Å². The van der Waals surface area contributed by atoms with Crippen LogP contribution in [-0.4, -0.2) is 80.4 Å². The molecule has 1 aromatic carbocycles. The maximum atomic E-state index is 12.4. The molecule has 1 fully saturated rings. The highest BCUT2D eigenvalue weighted by Gasteiger charge is 2.25. The highest BCUT2D eigenvalue weighted by molar-refractivity contribution is 14.0. The lowest BCUT2D eigenvalue weighted by molar-refractivity contribution is 0.0657. The first-order valence-electron chi connectivity index (χ1n) is 10.0. The third kappa shape index (κ3) is 5.98. The van der Waals surface area contributed by atoms with Crippen molar-refractivity contribution in [1.82, 2.24) is 20.0 Å². The Bertz CT molecular complexity index is 813. The molecule has 1 atom stereocenters. The Kier molecular flexibility index (Phi) is 9.16. The number of hydrogen-bond donors (Lipinski definition) is 1. The molecule has 7 nitrogen and oxygen atoms in total. The van der Waals surface area contributed by atoms with E-state index in [2.05, 4.69) is 65.4 Å². The average Bonchev–Trinajstić information content (AvgIpc) is 3.27. The first-order chi connectivity index (χ1) is 14.0. The third-order valence-electron chi connectivity index (χ3n) is 5.35. The number of nitrogens with zero attached hydrogens (tertiary/aromatic N) is 4. The lowest BCUT2D eigenvalue weighted by Crippen LogP contribution is -2.54. The van der Waals surface area contributed by atoms with E-state index in [0.717, 1.165) is 25.6 Å². The normalized spacial score (nSPS) is 15.7. The molecule has 1 aliphatic rings. The van der Waals surface area contributed by atoms with Crippen LogP contribution in [-0.2, 0) is 0 Å². The smallest absolute Gasteiger partial charge is 0.289 e. The number of carbonyl (C=O) groups excluding carboxylic acids is 1. The summed E-state index contributed by atoms with van der Waals surface area (Å²) >= 11 is 0. The zero-order valence-electron chi connectivity index (χ0n) is 18.2. The second-order valence-corrected chi connectivity index (χ2v) is 7.57. The van der Waals surface area contributed by atoms with Crippen molar-refractivity contribution in [3.8, 4) is 0 Å². The minimum Gasteiger partial charge on any atom is -0.459 e. The molecule has 0 bridgehead atoms. The number of likely N-dealkylation sites (N-methyl/N-ethyl adjacent to an activating group) is 1. The number of piperazine rings is 1. The van der Waals surface area contributed by atoms with Gasteiger partial charge in [0, 0.05) is 39.8 Å². The molecule has 2 aromatic rings. The molecule has 0 spiro atoms. The van der Waals surface area contributed by atoms with Gasteiger partial charge in [0.15, 0.2) is 11.7 Å². The van der Waals surface area contributed by atoms with Crippen LogP contribution in [0.3, 0.4) is 0 Å². The lowest BCUT2D eigenvalue weighted by Gasteiger charge is -2.37. The topological polar surface area (TPSA) is 64.3 Å². The van der Waals surface area contributed by atoms with Crippen LogP contribution in [0.15, 0.2) is 52.1 Å². The van der Waals surface area contributed by atoms with E-state index in [4.69, 9.17) is 4.42 Å². The fourth-order valence-corrected chi connectivity index (χ4v) is 3.58. The molecule has 164 valence electrons. The zero-order valence-corrected chi connectivity index (χ0v) is 20.5. The first kappa shape index (κ1) is 24.2. The summed E-state index contributed by atoms with van der Waals surface area (Å²) in [7, 11) is 5.99. The number of benzene rings is 1. The molecule has 1 amide bonds. The standard InChI is InChI=1S/C22H31N5O2.HI/c1-17-7-9-18(10-8-17)19(25(3)4)16-24-22(23-2)27-13-11-26(12-14-27)21(28)20-6-5-15-29-20;/h5-10,15,19H,11-14,16H2,1-4H3,(H,23,24);1H. The SMILES string of the molecule is CN=C(NCC(c1ccc(C)cc1)N(C)C)N1CCN(C(=O)c2ccco2)CC1.I. The van der Waals surface area contributed by atoms with E-state index in [1.54, 1.807) is 19.2 Å². The summed E-state index contributed by atoms with van der Waals surface area (Å²) in [5, 5.41) is 3.52. The molecular formula is C22H32IN5O2. The molecule has 1 saturated heterocycles. The Morgan fingerprint density at radius 3 is 2.30 bits per heavy atom. The molecule has 0 saturated carbocycles. The van der Waals surface area contributed by atoms with E-state index in [0.29, 0.717) is 18.8 Å². The van der Waals surface area contributed by atoms with Crippen molar-refractivity contribution >= 4 is 35.8 Å². The van der Waals surface area contributed by atoms with Crippen molar-refractivity contribution in [2.24, 2.45) is 4.99 Å². The number of aliphatic imine (C=N–C) groups is 1. The minimum atomic E-state index is -0.0513. The van der Waals surface area contributed by atoms with Crippen molar-refractivity contribution in [1.29, 1.82) is 0 Å². The van der Waals surface area contributed by atoms with E-state index in [1.807, 2.05) is 4.90 Å². The molecule has 3 rings (SSSR count). The van der Waals surface area contributed by atoms with E-state index < -0.39 is 0 Å². The van der Waals surface area contributed by atoms with Crippen LogP contribution >= 0.6 is 24.0 Å². The van der Waals surface area contributed by atoms with Crippen LogP contribution in [0, 0.1) is 6.92 Å². The Labute approximate surface area is 196 Å². The zero-order chi connectivity index (χ0) is 20.8. The molecule has 30 heavy (non-hydrogen) atoms. The first-order valence-corrected chi connectivity index (χ1v) is 10.0. The molecule has 8 heteroatoms. The summed E-state index contributed by atoms with van der Waals surface area (Å²) in [6.45, 7) is 5.64. The van der Waals surface area contributed by atoms with Gasteiger partial charge in [-0.2, -0.15) is 0 Å². The Hall–Kier alpha value is -2.07. The minimum absolute atomic E-state index is 0. The fourth-order valence-electron chi connectivity index (χ4n) is 3.58. The summed E-state index contributed by atoms with van der Waals surface area (Å²) in [6.07, 6.45) is 1.53. The van der Waals surface area contributed by atoms with Gasteiger partial charge in [0.25, 0.3) is 5.91 Å². The maximum Gasteiger partial charge on any atom is 0.289 e. The molecule has 1 unspecified atom stereocenters. The second-order valence-electron chi connectivity index (χ2n) is 7.57. The van der Waals surface area contributed by atoms with Gasteiger partial charge in [-0.1, -0.05) is 29.8 Å².